The molecule has 2 aromatic heterocycles. The first-order valence-electron chi connectivity index (χ1n) is 6.77. The normalized spacial score (nSPS) is 12.0. The van der Waals surface area contributed by atoms with E-state index in [-0.39, 0.29) is 11.9 Å². The van der Waals surface area contributed by atoms with E-state index in [1.165, 1.54) is 0 Å². The SMILES string of the molecule is Cc1csc([C@@H](C)CNC(=O)NCc2ccnc(C)n2)n1. The van der Waals surface area contributed by atoms with Crippen molar-refractivity contribution in [3.05, 3.63) is 39.9 Å². The average Bonchev–Trinajstić information content (AvgIpc) is 2.89. The van der Waals surface area contributed by atoms with E-state index < -0.39 is 0 Å². The Morgan fingerprint density at radius 1 is 1.33 bits per heavy atom. The lowest BCUT2D eigenvalue weighted by Crippen LogP contribution is -2.37. The number of hydrogen-bond acceptors (Lipinski definition) is 5. The van der Waals surface area contributed by atoms with E-state index in [0.29, 0.717) is 18.9 Å². The summed E-state index contributed by atoms with van der Waals surface area (Å²) in [6, 6.07) is 1.58. The molecule has 21 heavy (non-hydrogen) atoms. The zero-order chi connectivity index (χ0) is 15.2. The lowest BCUT2D eigenvalue weighted by Gasteiger charge is -2.11. The van der Waals surface area contributed by atoms with Crippen molar-refractivity contribution >= 4 is 17.4 Å². The maximum atomic E-state index is 11.8. The number of nitrogens with one attached hydrogen (secondary N) is 2. The molecule has 0 saturated heterocycles. The van der Waals surface area contributed by atoms with Gasteiger partial charge in [0, 0.05) is 29.7 Å². The lowest BCUT2D eigenvalue weighted by molar-refractivity contribution is 0.240. The first kappa shape index (κ1) is 15.4. The average molecular weight is 305 g/mol. The number of aromatic nitrogens is 3. The monoisotopic (exact) mass is 305 g/mol. The number of amides is 2. The molecule has 0 radical (unpaired) electrons. The van der Waals surface area contributed by atoms with Crippen molar-refractivity contribution in [2.24, 2.45) is 0 Å². The van der Waals surface area contributed by atoms with Gasteiger partial charge >= 0.3 is 6.03 Å². The summed E-state index contributed by atoms with van der Waals surface area (Å²) >= 11 is 1.62. The topological polar surface area (TPSA) is 79.8 Å². The van der Waals surface area contributed by atoms with Crippen molar-refractivity contribution in [2.75, 3.05) is 6.54 Å². The van der Waals surface area contributed by atoms with Crippen LogP contribution in [0.3, 0.4) is 0 Å². The molecule has 7 heteroatoms. The fourth-order valence-corrected chi connectivity index (χ4v) is 2.62. The number of rotatable bonds is 5. The Hall–Kier alpha value is -2.02. The second-order valence-corrected chi connectivity index (χ2v) is 5.78. The molecule has 2 N–H and O–H groups in total. The van der Waals surface area contributed by atoms with Crippen LogP contribution in [0.25, 0.3) is 0 Å². The number of hydrogen-bond donors (Lipinski definition) is 2. The minimum atomic E-state index is -0.202. The smallest absolute Gasteiger partial charge is 0.315 e. The van der Waals surface area contributed by atoms with Crippen molar-refractivity contribution in [3.8, 4) is 0 Å². The van der Waals surface area contributed by atoms with Gasteiger partial charge in [0.25, 0.3) is 0 Å². The molecule has 2 rings (SSSR count). The van der Waals surface area contributed by atoms with E-state index in [0.717, 1.165) is 16.4 Å². The van der Waals surface area contributed by atoms with Gasteiger partial charge in [0.05, 0.1) is 17.2 Å². The molecular weight excluding hydrogens is 286 g/mol. The minimum Gasteiger partial charge on any atom is -0.337 e. The van der Waals surface area contributed by atoms with Gasteiger partial charge in [-0.1, -0.05) is 6.92 Å². The van der Waals surface area contributed by atoms with E-state index in [1.807, 2.05) is 26.2 Å². The number of thiazole rings is 1. The summed E-state index contributed by atoms with van der Waals surface area (Å²) in [5.41, 5.74) is 1.81. The van der Waals surface area contributed by atoms with Crippen LogP contribution in [0.2, 0.25) is 0 Å². The van der Waals surface area contributed by atoms with Crippen molar-refractivity contribution in [2.45, 2.75) is 33.2 Å². The van der Waals surface area contributed by atoms with Crippen LogP contribution in [-0.4, -0.2) is 27.5 Å². The first-order chi connectivity index (χ1) is 10.0. The highest BCUT2D eigenvalue weighted by Gasteiger charge is 2.11. The van der Waals surface area contributed by atoms with Crippen LogP contribution in [0.15, 0.2) is 17.6 Å². The zero-order valence-corrected chi connectivity index (χ0v) is 13.2. The summed E-state index contributed by atoms with van der Waals surface area (Å²) in [6.07, 6.45) is 1.68. The van der Waals surface area contributed by atoms with Crippen molar-refractivity contribution in [1.82, 2.24) is 25.6 Å². The Bertz CT molecular complexity index is 613. The molecule has 0 aliphatic rings. The molecule has 2 heterocycles. The zero-order valence-electron chi connectivity index (χ0n) is 12.4. The first-order valence-corrected chi connectivity index (χ1v) is 7.65. The molecular formula is C14H19N5OS. The second kappa shape index (κ2) is 7.12. The number of carbonyl (C=O) groups is 1. The molecule has 0 fully saturated rings. The predicted octanol–water partition coefficient (Wildman–Crippen LogP) is 2.15. The van der Waals surface area contributed by atoms with Crippen molar-refractivity contribution < 1.29 is 4.79 Å². The third-order valence-electron chi connectivity index (χ3n) is 2.89. The molecule has 0 unspecified atom stereocenters. The molecule has 0 spiro atoms. The van der Waals surface area contributed by atoms with Crippen LogP contribution in [-0.2, 0) is 6.54 Å². The molecule has 2 amide bonds. The van der Waals surface area contributed by atoms with Gasteiger partial charge in [0.2, 0.25) is 0 Å². The van der Waals surface area contributed by atoms with Gasteiger partial charge in [0.1, 0.15) is 5.82 Å². The summed E-state index contributed by atoms with van der Waals surface area (Å²) in [5, 5.41) is 8.69. The molecule has 0 bridgehead atoms. The molecule has 1 atom stereocenters. The van der Waals surface area contributed by atoms with E-state index in [2.05, 4.69) is 25.6 Å². The Kier molecular flexibility index (Phi) is 5.21. The van der Waals surface area contributed by atoms with Gasteiger partial charge in [-0.25, -0.2) is 19.7 Å². The minimum absolute atomic E-state index is 0.202. The van der Waals surface area contributed by atoms with Crippen LogP contribution in [0, 0.1) is 13.8 Å². The van der Waals surface area contributed by atoms with E-state index in [9.17, 15) is 4.79 Å². The Morgan fingerprint density at radius 3 is 2.81 bits per heavy atom. The number of aryl methyl sites for hydroxylation is 2. The highest BCUT2D eigenvalue weighted by molar-refractivity contribution is 7.09. The molecule has 6 nitrogen and oxygen atoms in total. The highest BCUT2D eigenvalue weighted by atomic mass is 32.1. The van der Waals surface area contributed by atoms with E-state index in [1.54, 1.807) is 23.6 Å². The van der Waals surface area contributed by atoms with Gasteiger partial charge in [0.15, 0.2) is 0 Å². The van der Waals surface area contributed by atoms with Gasteiger partial charge in [-0.15, -0.1) is 11.3 Å². The van der Waals surface area contributed by atoms with Gasteiger partial charge in [-0.3, -0.25) is 0 Å². The van der Waals surface area contributed by atoms with E-state index >= 15 is 0 Å². The molecule has 0 aliphatic carbocycles. The van der Waals surface area contributed by atoms with Crippen LogP contribution >= 0.6 is 11.3 Å². The second-order valence-electron chi connectivity index (χ2n) is 4.89. The maximum absolute atomic E-state index is 11.8. The van der Waals surface area contributed by atoms with Gasteiger partial charge in [-0.2, -0.15) is 0 Å². The molecule has 0 aliphatic heterocycles. The Morgan fingerprint density at radius 2 is 2.14 bits per heavy atom. The lowest BCUT2D eigenvalue weighted by atomic mass is 10.2. The summed E-state index contributed by atoms with van der Waals surface area (Å²) in [6.45, 7) is 6.78. The highest BCUT2D eigenvalue weighted by Crippen LogP contribution is 2.18. The third-order valence-corrected chi connectivity index (χ3v) is 4.09. The standard InChI is InChI=1S/C14H19N5OS/c1-9(13-18-10(2)8-21-13)6-16-14(20)17-7-12-4-5-15-11(3)19-12/h4-5,8-9H,6-7H2,1-3H3,(H2,16,17,20)/t9-/m0/s1. The third kappa shape index (κ3) is 4.78. The fraction of sp³-hybridized carbons (Fsp3) is 0.429. The quantitative estimate of drug-likeness (QED) is 0.887. The van der Waals surface area contributed by atoms with E-state index in [4.69, 9.17) is 0 Å². The Labute approximate surface area is 128 Å². The van der Waals surface area contributed by atoms with Crippen molar-refractivity contribution in [1.29, 1.82) is 0 Å². The van der Waals surface area contributed by atoms with Crippen LogP contribution in [0.4, 0.5) is 4.79 Å². The van der Waals surface area contributed by atoms with Crippen molar-refractivity contribution in [3.63, 3.8) is 0 Å². The fourth-order valence-electron chi connectivity index (χ4n) is 1.77. The summed E-state index contributed by atoms with van der Waals surface area (Å²) in [7, 11) is 0. The van der Waals surface area contributed by atoms with Crippen LogP contribution < -0.4 is 10.6 Å². The molecule has 0 saturated carbocycles. The maximum Gasteiger partial charge on any atom is 0.315 e. The molecule has 112 valence electrons. The Balaban J connectivity index is 1.75. The number of urea groups is 1. The number of carbonyl (C=O) groups excluding carboxylic acids is 1. The van der Waals surface area contributed by atoms with Crippen LogP contribution in [0.5, 0.6) is 0 Å². The van der Waals surface area contributed by atoms with Gasteiger partial charge < -0.3 is 10.6 Å². The van der Waals surface area contributed by atoms with Gasteiger partial charge in [-0.05, 0) is 19.9 Å². The summed E-state index contributed by atoms with van der Waals surface area (Å²) < 4.78 is 0. The van der Waals surface area contributed by atoms with Crippen LogP contribution in [0.1, 0.15) is 35.1 Å². The molecule has 2 aromatic rings. The number of nitrogens with zero attached hydrogens (tertiary/aromatic N) is 3. The predicted molar refractivity (Wildman–Crippen MR) is 82.3 cm³/mol. The largest absolute Gasteiger partial charge is 0.337 e. The summed E-state index contributed by atoms with van der Waals surface area (Å²) in [5.74, 6) is 0.901. The summed E-state index contributed by atoms with van der Waals surface area (Å²) in [4.78, 5) is 24.4. The molecule has 0 aromatic carbocycles.